The first-order valence-electron chi connectivity index (χ1n) is 7.28. The van der Waals surface area contributed by atoms with Crippen LogP contribution in [0.15, 0.2) is 23.1 Å². The van der Waals surface area contributed by atoms with Crippen molar-refractivity contribution in [1.82, 2.24) is 4.72 Å². The zero-order chi connectivity index (χ0) is 17.7. The van der Waals surface area contributed by atoms with E-state index in [0.29, 0.717) is 12.8 Å². The summed E-state index contributed by atoms with van der Waals surface area (Å²) < 4.78 is 37.0. The van der Waals surface area contributed by atoms with Crippen LogP contribution in [0.25, 0.3) is 0 Å². The molecule has 0 radical (unpaired) electrons. The zero-order valence-electron chi connectivity index (χ0n) is 14.3. The normalized spacial score (nSPS) is 11.5. The predicted octanol–water partition coefficient (Wildman–Crippen LogP) is 1.70. The Balaban J connectivity index is 0.00000529. The third-order valence-electron chi connectivity index (χ3n) is 3.91. The minimum absolute atomic E-state index is 0. The molecule has 0 amide bonds. The topological polar surface area (TPSA) is 108 Å². The van der Waals surface area contributed by atoms with Crippen molar-refractivity contribution in [3.05, 3.63) is 23.8 Å². The summed E-state index contributed by atoms with van der Waals surface area (Å²) in [5.74, 6) is -0.430. The number of carbonyl (C=O) groups is 1. The summed E-state index contributed by atoms with van der Waals surface area (Å²) in [7, 11) is -1.19. The molecule has 1 aromatic rings. The average molecular weight is 381 g/mol. The lowest BCUT2D eigenvalue weighted by atomic mass is 9.95. The highest BCUT2D eigenvalue weighted by Gasteiger charge is 2.25. The van der Waals surface area contributed by atoms with Crippen molar-refractivity contribution in [2.24, 2.45) is 5.73 Å². The van der Waals surface area contributed by atoms with Gasteiger partial charge in [-0.25, -0.2) is 17.9 Å². The molecule has 1 aromatic carbocycles. The molecule has 0 heterocycles. The van der Waals surface area contributed by atoms with Gasteiger partial charge in [0.25, 0.3) is 0 Å². The van der Waals surface area contributed by atoms with Crippen LogP contribution in [0.2, 0.25) is 0 Å². The van der Waals surface area contributed by atoms with E-state index in [9.17, 15) is 13.2 Å². The van der Waals surface area contributed by atoms with Gasteiger partial charge in [-0.2, -0.15) is 0 Å². The van der Waals surface area contributed by atoms with Gasteiger partial charge in [0.1, 0.15) is 11.3 Å². The van der Waals surface area contributed by atoms with Crippen molar-refractivity contribution in [1.29, 1.82) is 0 Å². The largest absolute Gasteiger partial charge is 0.496 e. The van der Waals surface area contributed by atoms with E-state index in [4.69, 9.17) is 10.5 Å². The van der Waals surface area contributed by atoms with E-state index < -0.39 is 21.5 Å². The summed E-state index contributed by atoms with van der Waals surface area (Å²) in [6.07, 6.45) is 1.28. The first-order valence-corrected chi connectivity index (χ1v) is 8.76. The maximum Gasteiger partial charge on any atom is 0.341 e. The number of esters is 1. The number of benzene rings is 1. The van der Waals surface area contributed by atoms with Gasteiger partial charge in [-0.05, 0) is 31.0 Å². The molecule has 9 heteroatoms. The molecule has 0 saturated heterocycles. The Labute approximate surface area is 149 Å². The molecule has 0 fully saturated rings. The van der Waals surface area contributed by atoms with Crippen LogP contribution in [0.3, 0.4) is 0 Å². The number of hydrogen-bond donors (Lipinski definition) is 2. The van der Waals surface area contributed by atoms with Gasteiger partial charge >= 0.3 is 5.97 Å². The minimum atomic E-state index is -3.80. The van der Waals surface area contributed by atoms with Crippen LogP contribution < -0.4 is 15.2 Å². The third-order valence-corrected chi connectivity index (χ3v) is 5.31. The third kappa shape index (κ3) is 5.34. The molecular formula is C15H25ClN2O5S. The zero-order valence-corrected chi connectivity index (χ0v) is 15.9. The lowest BCUT2D eigenvalue weighted by Gasteiger charge is -2.26. The molecule has 0 saturated carbocycles. The number of nitrogens with two attached hydrogens (primary N) is 1. The maximum atomic E-state index is 12.4. The first kappa shape index (κ1) is 22.6. The lowest BCUT2D eigenvalue weighted by Crippen LogP contribution is -2.49. The molecule has 0 aliphatic carbocycles. The molecule has 0 aliphatic rings. The summed E-state index contributed by atoms with van der Waals surface area (Å²) in [6, 6.07) is 4.00. The van der Waals surface area contributed by atoms with E-state index in [0.717, 1.165) is 0 Å². The van der Waals surface area contributed by atoms with Gasteiger partial charge in [0.15, 0.2) is 0 Å². The summed E-state index contributed by atoms with van der Waals surface area (Å²) in [6.45, 7) is 3.92. The second-order valence-electron chi connectivity index (χ2n) is 5.25. The van der Waals surface area contributed by atoms with E-state index in [1.165, 1.54) is 32.4 Å². The second-order valence-corrected chi connectivity index (χ2v) is 7.01. The minimum Gasteiger partial charge on any atom is -0.496 e. The Morgan fingerprint density at radius 1 is 1.25 bits per heavy atom. The Bertz CT molecular complexity index is 660. The molecule has 7 nitrogen and oxygen atoms in total. The highest BCUT2D eigenvalue weighted by Crippen LogP contribution is 2.23. The van der Waals surface area contributed by atoms with Crippen molar-refractivity contribution in [2.75, 3.05) is 20.8 Å². The van der Waals surface area contributed by atoms with Gasteiger partial charge in [0.05, 0.1) is 19.1 Å². The Morgan fingerprint density at radius 3 is 2.29 bits per heavy atom. The molecular weight excluding hydrogens is 356 g/mol. The van der Waals surface area contributed by atoms with Crippen LogP contribution in [-0.2, 0) is 14.8 Å². The number of nitrogens with one attached hydrogen (secondary N) is 1. The quantitative estimate of drug-likeness (QED) is 0.664. The van der Waals surface area contributed by atoms with Crippen molar-refractivity contribution in [3.8, 4) is 5.75 Å². The number of rotatable bonds is 8. The second kappa shape index (κ2) is 9.22. The van der Waals surface area contributed by atoms with E-state index >= 15 is 0 Å². The average Bonchev–Trinajstić information content (AvgIpc) is 2.58. The van der Waals surface area contributed by atoms with Crippen LogP contribution in [0.5, 0.6) is 5.75 Å². The van der Waals surface area contributed by atoms with Crippen molar-refractivity contribution in [2.45, 2.75) is 37.1 Å². The molecule has 24 heavy (non-hydrogen) atoms. The fourth-order valence-corrected chi connectivity index (χ4v) is 3.11. The molecule has 3 N–H and O–H groups in total. The highest BCUT2D eigenvalue weighted by molar-refractivity contribution is 7.89. The van der Waals surface area contributed by atoms with Gasteiger partial charge in [0.2, 0.25) is 10.0 Å². The van der Waals surface area contributed by atoms with E-state index in [1.807, 2.05) is 13.8 Å². The molecule has 0 aliphatic heterocycles. The molecule has 0 bridgehead atoms. The van der Waals surface area contributed by atoms with Crippen LogP contribution in [0, 0.1) is 0 Å². The monoisotopic (exact) mass is 380 g/mol. The van der Waals surface area contributed by atoms with E-state index in [-0.39, 0.29) is 35.2 Å². The van der Waals surface area contributed by atoms with Crippen LogP contribution in [0.4, 0.5) is 0 Å². The Morgan fingerprint density at radius 2 is 1.83 bits per heavy atom. The smallest absolute Gasteiger partial charge is 0.341 e. The van der Waals surface area contributed by atoms with Gasteiger partial charge in [0, 0.05) is 12.1 Å². The summed E-state index contributed by atoms with van der Waals surface area (Å²) in [5.41, 5.74) is 5.54. The number of halogens is 1. The molecule has 0 aromatic heterocycles. The SMILES string of the molecule is CCC(N)(CC)CNS(=O)(=O)c1ccc(OC)c(C(=O)OC)c1.Cl. The molecule has 138 valence electrons. The van der Waals surface area contributed by atoms with Gasteiger partial charge in [-0.1, -0.05) is 13.8 Å². The summed E-state index contributed by atoms with van der Waals surface area (Å²) >= 11 is 0. The van der Waals surface area contributed by atoms with Gasteiger partial charge in [-0.3, -0.25) is 0 Å². The fraction of sp³-hybridized carbons (Fsp3) is 0.533. The standard InChI is InChI=1S/C15H24N2O5S.ClH/c1-5-15(16,6-2)10-17-23(19,20)11-7-8-13(21-3)12(9-11)14(18)22-4;/h7-9,17H,5-6,10,16H2,1-4H3;1H. The van der Waals surface area contributed by atoms with Crippen molar-refractivity contribution >= 4 is 28.4 Å². The lowest BCUT2D eigenvalue weighted by molar-refractivity contribution is 0.0597. The number of methoxy groups -OCH3 is 2. The number of hydrogen-bond acceptors (Lipinski definition) is 6. The van der Waals surface area contributed by atoms with Crippen LogP contribution in [-0.4, -0.2) is 40.7 Å². The van der Waals surface area contributed by atoms with Crippen molar-refractivity contribution in [3.63, 3.8) is 0 Å². The predicted molar refractivity (Wildman–Crippen MR) is 94.3 cm³/mol. The summed E-state index contributed by atoms with van der Waals surface area (Å²) in [4.78, 5) is 11.7. The van der Waals surface area contributed by atoms with Gasteiger partial charge < -0.3 is 15.2 Å². The first-order chi connectivity index (χ1) is 10.7. The van der Waals surface area contributed by atoms with Crippen LogP contribution in [0.1, 0.15) is 37.0 Å². The number of carbonyl (C=O) groups excluding carboxylic acids is 1. The molecule has 1 rings (SSSR count). The summed E-state index contributed by atoms with van der Waals surface area (Å²) in [5, 5.41) is 0. The van der Waals surface area contributed by atoms with Crippen LogP contribution >= 0.6 is 12.4 Å². The van der Waals surface area contributed by atoms with E-state index in [1.54, 1.807) is 0 Å². The maximum absolute atomic E-state index is 12.4. The molecule has 0 atom stereocenters. The molecule has 0 unspecified atom stereocenters. The van der Waals surface area contributed by atoms with Gasteiger partial charge in [-0.15, -0.1) is 12.4 Å². The number of sulfonamides is 1. The fourth-order valence-electron chi connectivity index (χ4n) is 1.95. The van der Waals surface area contributed by atoms with E-state index in [2.05, 4.69) is 9.46 Å². The number of ether oxygens (including phenoxy) is 2. The molecule has 0 spiro atoms. The van der Waals surface area contributed by atoms with Crippen molar-refractivity contribution < 1.29 is 22.7 Å². The highest BCUT2D eigenvalue weighted by atomic mass is 35.5. The Kier molecular flexibility index (Phi) is 8.70. The Hall–Kier alpha value is -1.35.